The van der Waals surface area contributed by atoms with E-state index in [0.717, 1.165) is 18.2 Å². The number of nitrogens with zero attached hydrogens (tertiary/aromatic N) is 2. The molecule has 0 saturated carbocycles. The molecule has 1 atom stereocenters. The molecule has 1 aromatic carbocycles. The van der Waals surface area contributed by atoms with Crippen LogP contribution in [0.2, 0.25) is 0 Å². The molecule has 0 bridgehead atoms. The maximum atomic E-state index is 12.1. The number of hydrogen-bond acceptors (Lipinski definition) is 5. The smallest absolute Gasteiger partial charge is 0.270 e. The summed E-state index contributed by atoms with van der Waals surface area (Å²) in [6.07, 6.45) is 0.848. The standard InChI is InChI=1S/C17H18N4O2S/c1-3-11(2)19-14(22)10-24-17-20-15(12-7-5-4-6-8-12)13(9-18)16(23)21-17/h4-8,11H,3,10H2,1-2H3,(H,19,22)(H,20,21,23)/t11-/m1/s1. The van der Waals surface area contributed by atoms with Gasteiger partial charge in [-0.2, -0.15) is 5.26 Å². The molecule has 2 rings (SSSR count). The van der Waals surface area contributed by atoms with Gasteiger partial charge in [-0.3, -0.25) is 9.59 Å². The maximum Gasteiger partial charge on any atom is 0.270 e. The third-order valence-electron chi connectivity index (χ3n) is 3.42. The number of amides is 1. The van der Waals surface area contributed by atoms with Gasteiger partial charge in [-0.25, -0.2) is 4.98 Å². The molecule has 2 aromatic rings. The van der Waals surface area contributed by atoms with Crippen molar-refractivity contribution in [2.45, 2.75) is 31.5 Å². The highest BCUT2D eigenvalue weighted by atomic mass is 32.2. The highest BCUT2D eigenvalue weighted by Crippen LogP contribution is 2.21. The molecule has 24 heavy (non-hydrogen) atoms. The van der Waals surface area contributed by atoms with Gasteiger partial charge in [-0.15, -0.1) is 0 Å². The number of nitrogens with one attached hydrogen (secondary N) is 2. The van der Waals surface area contributed by atoms with Gasteiger partial charge in [0.25, 0.3) is 5.56 Å². The minimum atomic E-state index is -0.504. The minimum absolute atomic E-state index is 0.0328. The number of carbonyl (C=O) groups is 1. The summed E-state index contributed by atoms with van der Waals surface area (Å²) in [4.78, 5) is 30.9. The second-order valence-corrected chi connectivity index (χ2v) is 6.20. The SMILES string of the molecule is CC[C@@H](C)NC(=O)CSc1nc(-c2ccccc2)c(C#N)c(=O)[nH]1. The fourth-order valence-electron chi connectivity index (χ4n) is 1.98. The molecule has 7 heteroatoms. The van der Waals surface area contributed by atoms with Crippen LogP contribution in [0.25, 0.3) is 11.3 Å². The lowest BCUT2D eigenvalue weighted by Gasteiger charge is -2.11. The van der Waals surface area contributed by atoms with Crippen LogP contribution in [0.1, 0.15) is 25.8 Å². The average Bonchev–Trinajstić information content (AvgIpc) is 2.60. The van der Waals surface area contributed by atoms with Crippen LogP contribution in [-0.2, 0) is 4.79 Å². The van der Waals surface area contributed by atoms with Crippen LogP contribution in [0.4, 0.5) is 0 Å². The molecule has 0 spiro atoms. The molecule has 0 unspecified atom stereocenters. The highest BCUT2D eigenvalue weighted by Gasteiger charge is 2.14. The summed E-state index contributed by atoms with van der Waals surface area (Å²) in [5.74, 6) is 0.0237. The molecule has 124 valence electrons. The van der Waals surface area contributed by atoms with Crippen molar-refractivity contribution in [3.63, 3.8) is 0 Å². The second kappa shape index (κ2) is 8.31. The van der Waals surface area contributed by atoms with E-state index in [9.17, 15) is 14.9 Å². The van der Waals surface area contributed by atoms with Crippen LogP contribution in [0, 0.1) is 11.3 Å². The first-order valence-electron chi connectivity index (χ1n) is 7.57. The summed E-state index contributed by atoms with van der Waals surface area (Å²) in [6, 6.07) is 11.0. The molecule has 0 aliphatic heterocycles. The number of thioether (sulfide) groups is 1. The Labute approximate surface area is 144 Å². The van der Waals surface area contributed by atoms with Gasteiger partial charge >= 0.3 is 0 Å². The zero-order valence-electron chi connectivity index (χ0n) is 13.5. The third-order valence-corrected chi connectivity index (χ3v) is 4.29. The number of carbonyl (C=O) groups excluding carboxylic acids is 1. The molecule has 0 aliphatic rings. The molecule has 1 heterocycles. The van der Waals surface area contributed by atoms with Crippen molar-refractivity contribution < 1.29 is 4.79 Å². The van der Waals surface area contributed by atoms with Crippen LogP contribution in [0.5, 0.6) is 0 Å². The zero-order valence-corrected chi connectivity index (χ0v) is 14.3. The lowest BCUT2D eigenvalue weighted by Crippen LogP contribution is -2.33. The Morgan fingerprint density at radius 3 is 2.75 bits per heavy atom. The second-order valence-electron chi connectivity index (χ2n) is 5.24. The molecule has 1 aromatic heterocycles. The van der Waals surface area contributed by atoms with Crippen molar-refractivity contribution in [2.75, 3.05) is 5.75 Å². The largest absolute Gasteiger partial charge is 0.353 e. The van der Waals surface area contributed by atoms with Gasteiger partial charge in [0.15, 0.2) is 5.16 Å². The number of aromatic nitrogens is 2. The number of hydrogen-bond donors (Lipinski definition) is 2. The predicted octanol–water partition coefficient (Wildman–Crippen LogP) is 2.32. The number of rotatable bonds is 6. The van der Waals surface area contributed by atoms with Crippen molar-refractivity contribution >= 4 is 17.7 Å². The van der Waals surface area contributed by atoms with Crippen LogP contribution in [0.15, 0.2) is 40.3 Å². The Morgan fingerprint density at radius 2 is 2.12 bits per heavy atom. The van der Waals surface area contributed by atoms with Crippen molar-refractivity contribution in [3.05, 3.63) is 46.2 Å². The summed E-state index contributed by atoms with van der Waals surface area (Å²) in [6.45, 7) is 3.92. The predicted molar refractivity (Wildman–Crippen MR) is 93.6 cm³/mol. The van der Waals surface area contributed by atoms with Gasteiger partial charge < -0.3 is 10.3 Å². The van der Waals surface area contributed by atoms with Crippen LogP contribution < -0.4 is 10.9 Å². The summed E-state index contributed by atoms with van der Waals surface area (Å²) >= 11 is 1.14. The summed E-state index contributed by atoms with van der Waals surface area (Å²) < 4.78 is 0. The lowest BCUT2D eigenvalue weighted by molar-refractivity contribution is -0.119. The fraction of sp³-hybridized carbons (Fsp3) is 0.294. The number of nitriles is 1. The van der Waals surface area contributed by atoms with Crippen LogP contribution in [-0.4, -0.2) is 27.7 Å². The summed E-state index contributed by atoms with van der Waals surface area (Å²) in [5, 5.41) is 12.4. The number of aromatic amines is 1. The Balaban J connectivity index is 2.24. The average molecular weight is 342 g/mol. The Morgan fingerprint density at radius 1 is 1.42 bits per heavy atom. The molecule has 1 amide bonds. The van der Waals surface area contributed by atoms with Crippen LogP contribution in [0.3, 0.4) is 0 Å². The van der Waals surface area contributed by atoms with Gasteiger partial charge in [-0.05, 0) is 13.3 Å². The molecule has 0 radical (unpaired) electrons. The van der Waals surface area contributed by atoms with Crippen molar-refractivity contribution in [1.82, 2.24) is 15.3 Å². The van der Waals surface area contributed by atoms with Crippen molar-refractivity contribution in [3.8, 4) is 17.3 Å². The zero-order chi connectivity index (χ0) is 17.5. The molecular weight excluding hydrogens is 324 g/mol. The van der Waals surface area contributed by atoms with Crippen LogP contribution >= 0.6 is 11.8 Å². The molecule has 0 aliphatic carbocycles. The van der Waals surface area contributed by atoms with Crippen molar-refractivity contribution in [2.24, 2.45) is 0 Å². The first kappa shape index (κ1) is 17.8. The fourth-order valence-corrected chi connectivity index (χ4v) is 2.65. The summed E-state index contributed by atoms with van der Waals surface area (Å²) in [7, 11) is 0. The first-order valence-corrected chi connectivity index (χ1v) is 8.55. The molecule has 0 saturated heterocycles. The van der Waals surface area contributed by atoms with E-state index in [0.29, 0.717) is 16.4 Å². The van der Waals surface area contributed by atoms with Gasteiger partial charge in [0, 0.05) is 11.6 Å². The molecular formula is C17H18N4O2S. The van der Waals surface area contributed by atoms with Gasteiger partial charge in [0.05, 0.1) is 11.4 Å². The highest BCUT2D eigenvalue weighted by molar-refractivity contribution is 7.99. The van der Waals surface area contributed by atoms with E-state index in [2.05, 4.69) is 15.3 Å². The van der Waals surface area contributed by atoms with E-state index in [4.69, 9.17) is 0 Å². The summed E-state index contributed by atoms with van der Waals surface area (Å²) in [5.41, 5.74) is 0.475. The lowest BCUT2D eigenvalue weighted by atomic mass is 10.1. The van der Waals surface area contributed by atoms with Gasteiger partial charge in [0.2, 0.25) is 5.91 Å². The molecule has 6 nitrogen and oxygen atoms in total. The third kappa shape index (κ3) is 4.46. The Kier molecular flexibility index (Phi) is 6.15. The van der Waals surface area contributed by atoms with E-state index in [1.807, 2.05) is 38.1 Å². The van der Waals surface area contributed by atoms with E-state index in [-0.39, 0.29) is 23.3 Å². The van der Waals surface area contributed by atoms with E-state index in [1.165, 1.54) is 0 Å². The van der Waals surface area contributed by atoms with Gasteiger partial charge in [-0.1, -0.05) is 49.0 Å². The minimum Gasteiger partial charge on any atom is -0.353 e. The normalized spacial score (nSPS) is 11.5. The topological polar surface area (TPSA) is 98.6 Å². The maximum absolute atomic E-state index is 12.1. The first-order chi connectivity index (χ1) is 11.5. The van der Waals surface area contributed by atoms with E-state index in [1.54, 1.807) is 12.1 Å². The number of H-pyrrole nitrogens is 1. The Hall–Kier alpha value is -2.59. The number of benzene rings is 1. The molecule has 2 N–H and O–H groups in total. The van der Waals surface area contributed by atoms with E-state index < -0.39 is 5.56 Å². The monoisotopic (exact) mass is 342 g/mol. The Bertz CT molecular complexity index is 812. The van der Waals surface area contributed by atoms with E-state index >= 15 is 0 Å². The molecule has 0 fully saturated rings. The van der Waals surface area contributed by atoms with Gasteiger partial charge in [0.1, 0.15) is 11.6 Å². The quantitative estimate of drug-likeness (QED) is 0.620. The van der Waals surface area contributed by atoms with Crippen molar-refractivity contribution in [1.29, 1.82) is 5.26 Å².